The molecule has 35 heavy (non-hydrogen) atoms. The van der Waals surface area contributed by atoms with Gasteiger partial charge in [-0.05, 0) is 73.5 Å². The summed E-state index contributed by atoms with van der Waals surface area (Å²) in [6.07, 6.45) is 4.76. The molecule has 0 atom stereocenters. The number of ether oxygens (including phenoxy) is 1. The third kappa shape index (κ3) is 6.03. The molecule has 2 amide bonds. The van der Waals surface area contributed by atoms with Gasteiger partial charge in [0.05, 0.1) is 24.6 Å². The summed E-state index contributed by atoms with van der Waals surface area (Å²) in [6, 6.07) is 14.7. The molecule has 7 heteroatoms. The number of nitrogens with two attached hydrogens (primary N) is 1. The number of carbonyl (C=O) groups is 2. The first-order valence-electron chi connectivity index (χ1n) is 13.0. The Bertz CT molecular complexity index is 1060. The SMILES string of the molecule is NCCCN(Cc1cccc(-c2ccc(N3CCOCC3)c(NC(=O)C3CC3)c2)c1)C(=O)C1CC1. The Morgan fingerprint density at radius 3 is 2.46 bits per heavy atom. The summed E-state index contributed by atoms with van der Waals surface area (Å²) in [4.78, 5) is 29.7. The lowest BCUT2D eigenvalue weighted by atomic mass is 10.0. The van der Waals surface area contributed by atoms with Gasteiger partial charge in [0.15, 0.2) is 0 Å². The van der Waals surface area contributed by atoms with Gasteiger partial charge in [0.1, 0.15) is 0 Å². The predicted octanol–water partition coefficient (Wildman–Crippen LogP) is 3.63. The van der Waals surface area contributed by atoms with Crippen LogP contribution in [0.4, 0.5) is 11.4 Å². The molecule has 5 rings (SSSR count). The first-order chi connectivity index (χ1) is 17.1. The van der Waals surface area contributed by atoms with Crippen molar-refractivity contribution in [3.05, 3.63) is 48.0 Å². The Balaban J connectivity index is 1.38. The smallest absolute Gasteiger partial charge is 0.227 e. The standard InChI is InChI=1S/C28H36N4O3/c29-11-2-12-32(28(34)22-7-8-22)19-20-3-1-4-23(17-20)24-9-10-26(31-13-15-35-16-14-31)25(18-24)30-27(33)21-5-6-21/h1,3-4,9-10,17-18,21-22H,2,5-8,11-16,19,29H2,(H,30,33). The maximum atomic E-state index is 12.8. The molecule has 186 valence electrons. The number of anilines is 2. The van der Waals surface area contributed by atoms with E-state index in [1.165, 1.54) is 0 Å². The summed E-state index contributed by atoms with van der Waals surface area (Å²) in [6.45, 7) is 4.89. The van der Waals surface area contributed by atoms with Crippen LogP contribution in [0.1, 0.15) is 37.7 Å². The van der Waals surface area contributed by atoms with Crippen LogP contribution in [0.2, 0.25) is 0 Å². The molecule has 0 aromatic heterocycles. The van der Waals surface area contributed by atoms with Crippen LogP contribution in [0.15, 0.2) is 42.5 Å². The van der Waals surface area contributed by atoms with E-state index in [9.17, 15) is 9.59 Å². The molecule has 0 spiro atoms. The molecule has 2 aromatic carbocycles. The maximum absolute atomic E-state index is 12.8. The third-order valence-corrected chi connectivity index (χ3v) is 7.06. The quantitative estimate of drug-likeness (QED) is 0.547. The monoisotopic (exact) mass is 476 g/mol. The molecule has 3 aliphatic rings. The summed E-state index contributed by atoms with van der Waals surface area (Å²) < 4.78 is 5.52. The van der Waals surface area contributed by atoms with Gasteiger partial charge >= 0.3 is 0 Å². The second kappa shape index (κ2) is 10.8. The number of nitrogens with one attached hydrogen (secondary N) is 1. The van der Waals surface area contributed by atoms with Crippen LogP contribution in [-0.2, 0) is 20.9 Å². The van der Waals surface area contributed by atoms with E-state index in [1.54, 1.807) is 0 Å². The molecular weight excluding hydrogens is 440 g/mol. The zero-order chi connectivity index (χ0) is 24.2. The van der Waals surface area contributed by atoms with Gasteiger partial charge in [0.25, 0.3) is 0 Å². The number of amides is 2. The van der Waals surface area contributed by atoms with E-state index < -0.39 is 0 Å². The number of carbonyl (C=O) groups excluding carboxylic acids is 2. The maximum Gasteiger partial charge on any atom is 0.227 e. The van der Waals surface area contributed by atoms with Crippen molar-refractivity contribution in [2.45, 2.75) is 38.6 Å². The van der Waals surface area contributed by atoms with Crippen molar-refractivity contribution in [1.82, 2.24) is 4.90 Å². The summed E-state index contributed by atoms with van der Waals surface area (Å²) in [5.74, 6) is 0.702. The van der Waals surface area contributed by atoms with E-state index in [2.05, 4.69) is 46.6 Å². The van der Waals surface area contributed by atoms with E-state index >= 15 is 0 Å². The normalized spacial score (nSPS) is 17.8. The Hall–Kier alpha value is -2.90. The Morgan fingerprint density at radius 2 is 1.74 bits per heavy atom. The van der Waals surface area contributed by atoms with Crippen molar-refractivity contribution in [2.75, 3.05) is 49.6 Å². The lowest BCUT2D eigenvalue weighted by Crippen LogP contribution is -2.36. The molecule has 2 aliphatic carbocycles. The van der Waals surface area contributed by atoms with Crippen LogP contribution >= 0.6 is 0 Å². The zero-order valence-corrected chi connectivity index (χ0v) is 20.4. The van der Waals surface area contributed by atoms with Crippen LogP contribution in [0.3, 0.4) is 0 Å². The Kier molecular flexibility index (Phi) is 7.35. The van der Waals surface area contributed by atoms with Crippen molar-refractivity contribution in [1.29, 1.82) is 0 Å². The van der Waals surface area contributed by atoms with E-state index in [-0.39, 0.29) is 23.7 Å². The molecule has 1 aliphatic heterocycles. The molecule has 0 radical (unpaired) electrons. The van der Waals surface area contributed by atoms with Crippen LogP contribution in [0.5, 0.6) is 0 Å². The second-order valence-corrected chi connectivity index (χ2v) is 9.97. The highest BCUT2D eigenvalue weighted by molar-refractivity contribution is 5.98. The van der Waals surface area contributed by atoms with Crippen LogP contribution in [0.25, 0.3) is 11.1 Å². The summed E-state index contributed by atoms with van der Waals surface area (Å²) in [5, 5.41) is 3.20. The van der Waals surface area contributed by atoms with Gasteiger partial charge in [-0.15, -0.1) is 0 Å². The highest BCUT2D eigenvalue weighted by Crippen LogP contribution is 2.36. The summed E-state index contributed by atoms with van der Waals surface area (Å²) in [7, 11) is 0. The molecular formula is C28H36N4O3. The van der Waals surface area contributed by atoms with Gasteiger partial charge in [-0.1, -0.05) is 24.3 Å². The molecule has 2 saturated carbocycles. The van der Waals surface area contributed by atoms with E-state index in [1.807, 2.05) is 11.0 Å². The summed E-state index contributed by atoms with van der Waals surface area (Å²) in [5.41, 5.74) is 10.9. The highest BCUT2D eigenvalue weighted by atomic mass is 16.5. The number of nitrogens with zero attached hydrogens (tertiary/aromatic N) is 2. The third-order valence-electron chi connectivity index (χ3n) is 7.06. The minimum Gasteiger partial charge on any atom is -0.378 e. The zero-order valence-electron chi connectivity index (χ0n) is 20.4. The second-order valence-electron chi connectivity index (χ2n) is 9.97. The van der Waals surface area contributed by atoms with Gasteiger partial charge in [0.2, 0.25) is 11.8 Å². The van der Waals surface area contributed by atoms with E-state index in [0.717, 1.165) is 73.3 Å². The van der Waals surface area contributed by atoms with Gasteiger partial charge in [-0.3, -0.25) is 9.59 Å². The highest BCUT2D eigenvalue weighted by Gasteiger charge is 2.33. The number of morpholine rings is 1. The molecule has 3 N–H and O–H groups in total. The van der Waals surface area contributed by atoms with Crippen LogP contribution in [-0.4, -0.2) is 56.1 Å². The molecule has 0 unspecified atom stereocenters. The largest absolute Gasteiger partial charge is 0.378 e. The number of rotatable bonds is 10. The van der Waals surface area contributed by atoms with Crippen molar-refractivity contribution < 1.29 is 14.3 Å². The van der Waals surface area contributed by atoms with Crippen molar-refractivity contribution in [3.63, 3.8) is 0 Å². The molecule has 3 fully saturated rings. The molecule has 1 saturated heterocycles. The topological polar surface area (TPSA) is 87.9 Å². The number of benzene rings is 2. The minimum atomic E-state index is 0.111. The molecule has 1 heterocycles. The fraction of sp³-hybridized carbons (Fsp3) is 0.500. The fourth-order valence-corrected chi connectivity index (χ4v) is 4.68. The minimum absolute atomic E-state index is 0.111. The van der Waals surface area contributed by atoms with Gasteiger partial charge in [-0.2, -0.15) is 0 Å². The van der Waals surface area contributed by atoms with E-state index in [4.69, 9.17) is 10.5 Å². The molecule has 7 nitrogen and oxygen atoms in total. The number of hydrogen-bond acceptors (Lipinski definition) is 5. The van der Waals surface area contributed by atoms with Gasteiger partial charge in [-0.25, -0.2) is 0 Å². The Labute approximate surface area is 207 Å². The fourth-order valence-electron chi connectivity index (χ4n) is 4.68. The van der Waals surface area contributed by atoms with Crippen LogP contribution < -0.4 is 16.0 Å². The average Bonchev–Trinajstić information content (AvgIpc) is 3.79. The number of hydrogen-bond donors (Lipinski definition) is 2. The molecule has 0 bridgehead atoms. The first-order valence-corrected chi connectivity index (χ1v) is 13.0. The van der Waals surface area contributed by atoms with Gasteiger partial charge < -0.3 is 25.6 Å². The van der Waals surface area contributed by atoms with Crippen LogP contribution in [0, 0.1) is 11.8 Å². The van der Waals surface area contributed by atoms with Crippen molar-refractivity contribution >= 4 is 23.2 Å². The summed E-state index contributed by atoms with van der Waals surface area (Å²) >= 11 is 0. The predicted molar refractivity (Wildman–Crippen MR) is 138 cm³/mol. The molecule has 2 aromatic rings. The van der Waals surface area contributed by atoms with Crippen molar-refractivity contribution in [2.24, 2.45) is 17.6 Å². The van der Waals surface area contributed by atoms with Crippen molar-refractivity contribution in [3.8, 4) is 11.1 Å². The lowest BCUT2D eigenvalue weighted by Gasteiger charge is -2.31. The average molecular weight is 477 g/mol. The lowest BCUT2D eigenvalue weighted by molar-refractivity contribution is -0.133. The Morgan fingerprint density at radius 1 is 1.00 bits per heavy atom. The van der Waals surface area contributed by atoms with Gasteiger partial charge in [0, 0.05) is 38.0 Å². The van der Waals surface area contributed by atoms with E-state index in [0.29, 0.717) is 32.8 Å². The first kappa shape index (κ1) is 23.8.